The van der Waals surface area contributed by atoms with E-state index < -0.39 is 0 Å². The van der Waals surface area contributed by atoms with E-state index in [9.17, 15) is 4.79 Å². The summed E-state index contributed by atoms with van der Waals surface area (Å²) in [5.41, 5.74) is -0.188. The van der Waals surface area contributed by atoms with E-state index in [1.165, 1.54) is 0 Å². The predicted molar refractivity (Wildman–Crippen MR) is 47.6 cm³/mol. The fourth-order valence-corrected chi connectivity index (χ4v) is 1.06. The van der Waals surface area contributed by atoms with Crippen molar-refractivity contribution in [2.45, 2.75) is 27.7 Å². The molecule has 0 heterocycles. The molecule has 2 heteroatoms. The molecule has 0 atom stereocenters. The summed E-state index contributed by atoms with van der Waals surface area (Å²) >= 11 is 0. The average Bonchev–Trinajstić information content (AvgIpc) is 2.00. The topological polar surface area (TPSA) is 20.3 Å². The summed E-state index contributed by atoms with van der Waals surface area (Å²) in [5, 5.41) is 0. The SMILES string of the molecule is CCN(CC)CC(C)(C)C=O. The number of aldehydes is 1. The summed E-state index contributed by atoms with van der Waals surface area (Å²) in [5.74, 6) is 0. The molecule has 0 spiro atoms. The van der Waals surface area contributed by atoms with Gasteiger partial charge in [0, 0.05) is 12.0 Å². The van der Waals surface area contributed by atoms with Crippen molar-refractivity contribution in [3.05, 3.63) is 0 Å². The van der Waals surface area contributed by atoms with Crippen molar-refractivity contribution in [2.75, 3.05) is 19.6 Å². The highest BCUT2D eigenvalue weighted by atomic mass is 16.1. The molecule has 0 fully saturated rings. The summed E-state index contributed by atoms with van der Waals surface area (Å²) in [7, 11) is 0. The molecule has 2 nitrogen and oxygen atoms in total. The molecule has 0 unspecified atom stereocenters. The van der Waals surface area contributed by atoms with Crippen LogP contribution < -0.4 is 0 Å². The number of rotatable bonds is 5. The molecule has 0 aromatic heterocycles. The van der Waals surface area contributed by atoms with Gasteiger partial charge >= 0.3 is 0 Å². The minimum absolute atomic E-state index is 0.188. The lowest BCUT2D eigenvalue weighted by Crippen LogP contribution is -2.34. The molecule has 0 aromatic carbocycles. The van der Waals surface area contributed by atoms with Crippen LogP contribution in [0.3, 0.4) is 0 Å². The monoisotopic (exact) mass is 157 g/mol. The Bertz CT molecular complexity index is 117. The molecule has 0 saturated carbocycles. The first-order valence-electron chi connectivity index (χ1n) is 4.24. The Kier molecular flexibility index (Phi) is 4.34. The third-order valence-corrected chi connectivity index (χ3v) is 1.84. The summed E-state index contributed by atoms with van der Waals surface area (Å²) in [6.07, 6.45) is 1.03. The summed E-state index contributed by atoms with van der Waals surface area (Å²) in [6, 6.07) is 0. The Morgan fingerprint density at radius 1 is 1.27 bits per heavy atom. The number of nitrogens with zero attached hydrogens (tertiary/aromatic N) is 1. The molecule has 0 aliphatic heterocycles. The summed E-state index contributed by atoms with van der Waals surface area (Å²) in [6.45, 7) is 11.1. The first-order chi connectivity index (χ1) is 5.05. The van der Waals surface area contributed by atoms with Crippen molar-refractivity contribution in [3.8, 4) is 0 Å². The van der Waals surface area contributed by atoms with E-state index in [0.717, 1.165) is 25.9 Å². The standard InChI is InChI=1S/C9H19NO/c1-5-10(6-2)7-9(3,4)8-11/h8H,5-7H2,1-4H3. The van der Waals surface area contributed by atoms with Gasteiger partial charge in [0.2, 0.25) is 0 Å². The maximum absolute atomic E-state index is 10.6. The average molecular weight is 157 g/mol. The van der Waals surface area contributed by atoms with E-state index in [0.29, 0.717) is 0 Å². The number of carbonyl (C=O) groups is 1. The van der Waals surface area contributed by atoms with Crippen LogP contribution in [-0.4, -0.2) is 30.8 Å². The first kappa shape index (κ1) is 10.6. The Morgan fingerprint density at radius 2 is 1.73 bits per heavy atom. The fourth-order valence-electron chi connectivity index (χ4n) is 1.06. The van der Waals surface area contributed by atoms with Crippen molar-refractivity contribution >= 4 is 6.29 Å². The second kappa shape index (κ2) is 4.50. The lowest BCUT2D eigenvalue weighted by atomic mass is 9.95. The van der Waals surface area contributed by atoms with Gasteiger partial charge < -0.3 is 9.69 Å². The lowest BCUT2D eigenvalue weighted by Gasteiger charge is -2.26. The number of hydrogen-bond acceptors (Lipinski definition) is 2. The van der Waals surface area contributed by atoms with E-state index in [4.69, 9.17) is 0 Å². The summed E-state index contributed by atoms with van der Waals surface area (Å²) < 4.78 is 0. The maximum atomic E-state index is 10.6. The zero-order valence-electron chi connectivity index (χ0n) is 8.05. The van der Waals surface area contributed by atoms with Crippen LogP contribution in [0.15, 0.2) is 0 Å². The highest BCUT2D eigenvalue weighted by Crippen LogP contribution is 2.12. The van der Waals surface area contributed by atoms with Crippen molar-refractivity contribution < 1.29 is 4.79 Å². The Morgan fingerprint density at radius 3 is 2.00 bits per heavy atom. The molecule has 0 radical (unpaired) electrons. The third kappa shape index (κ3) is 4.14. The van der Waals surface area contributed by atoms with E-state index >= 15 is 0 Å². The van der Waals surface area contributed by atoms with Crippen LogP contribution in [0.2, 0.25) is 0 Å². The molecule has 11 heavy (non-hydrogen) atoms. The second-order valence-corrected chi connectivity index (χ2v) is 3.57. The van der Waals surface area contributed by atoms with Gasteiger partial charge in [-0.2, -0.15) is 0 Å². The third-order valence-electron chi connectivity index (χ3n) is 1.84. The minimum atomic E-state index is -0.188. The van der Waals surface area contributed by atoms with Crippen LogP contribution in [0.4, 0.5) is 0 Å². The van der Waals surface area contributed by atoms with Crippen LogP contribution in [0.5, 0.6) is 0 Å². The van der Waals surface area contributed by atoms with Crippen LogP contribution >= 0.6 is 0 Å². The van der Waals surface area contributed by atoms with Gasteiger partial charge in [-0.1, -0.05) is 27.7 Å². The maximum Gasteiger partial charge on any atom is 0.126 e. The highest BCUT2D eigenvalue weighted by molar-refractivity contribution is 5.58. The van der Waals surface area contributed by atoms with Crippen LogP contribution in [0, 0.1) is 5.41 Å². The van der Waals surface area contributed by atoms with Gasteiger partial charge in [-0.25, -0.2) is 0 Å². The van der Waals surface area contributed by atoms with Gasteiger partial charge in [-0.3, -0.25) is 0 Å². The summed E-state index contributed by atoms with van der Waals surface area (Å²) in [4.78, 5) is 12.8. The molecule has 0 amide bonds. The molecule has 0 rings (SSSR count). The quantitative estimate of drug-likeness (QED) is 0.564. The minimum Gasteiger partial charge on any atom is -0.303 e. The van der Waals surface area contributed by atoms with Gasteiger partial charge in [0.25, 0.3) is 0 Å². The van der Waals surface area contributed by atoms with Crippen LogP contribution in [0.25, 0.3) is 0 Å². The Hall–Kier alpha value is -0.370. The van der Waals surface area contributed by atoms with Crippen LogP contribution in [-0.2, 0) is 4.79 Å². The van der Waals surface area contributed by atoms with E-state index in [1.54, 1.807) is 0 Å². The smallest absolute Gasteiger partial charge is 0.126 e. The fraction of sp³-hybridized carbons (Fsp3) is 0.889. The van der Waals surface area contributed by atoms with E-state index in [-0.39, 0.29) is 5.41 Å². The van der Waals surface area contributed by atoms with Gasteiger partial charge in [0.05, 0.1) is 0 Å². The molecule has 0 aliphatic rings. The van der Waals surface area contributed by atoms with Gasteiger partial charge in [-0.05, 0) is 13.1 Å². The highest BCUT2D eigenvalue weighted by Gasteiger charge is 2.18. The molecular weight excluding hydrogens is 138 g/mol. The molecule has 66 valence electrons. The Balaban J connectivity index is 3.88. The van der Waals surface area contributed by atoms with Crippen molar-refractivity contribution in [3.63, 3.8) is 0 Å². The van der Waals surface area contributed by atoms with Crippen LogP contribution in [0.1, 0.15) is 27.7 Å². The van der Waals surface area contributed by atoms with E-state index in [2.05, 4.69) is 18.7 Å². The molecule has 0 saturated heterocycles. The number of hydrogen-bond donors (Lipinski definition) is 0. The zero-order chi connectivity index (χ0) is 8.91. The number of carbonyl (C=O) groups excluding carboxylic acids is 1. The van der Waals surface area contributed by atoms with Gasteiger partial charge in [0.15, 0.2) is 0 Å². The van der Waals surface area contributed by atoms with Crippen molar-refractivity contribution in [1.29, 1.82) is 0 Å². The largest absolute Gasteiger partial charge is 0.303 e. The van der Waals surface area contributed by atoms with Gasteiger partial charge in [0.1, 0.15) is 6.29 Å². The van der Waals surface area contributed by atoms with Gasteiger partial charge in [-0.15, -0.1) is 0 Å². The second-order valence-electron chi connectivity index (χ2n) is 3.57. The zero-order valence-corrected chi connectivity index (χ0v) is 8.05. The molecule has 0 bridgehead atoms. The van der Waals surface area contributed by atoms with Crippen molar-refractivity contribution in [2.24, 2.45) is 5.41 Å². The lowest BCUT2D eigenvalue weighted by molar-refractivity contribution is -0.115. The van der Waals surface area contributed by atoms with Crippen molar-refractivity contribution in [1.82, 2.24) is 4.90 Å². The predicted octanol–water partition coefficient (Wildman–Crippen LogP) is 1.55. The van der Waals surface area contributed by atoms with E-state index in [1.807, 2.05) is 13.8 Å². The molecule has 0 aliphatic carbocycles. The molecule has 0 aromatic rings. The Labute approximate surface area is 69.6 Å². The normalized spacial score (nSPS) is 12.1. The molecule has 0 N–H and O–H groups in total. The first-order valence-corrected chi connectivity index (χ1v) is 4.24. The molecular formula is C9H19NO.